The molecule has 0 fully saturated rings. The van der Waals surface area contributed by atoms with Gasteiger partial charge in [-0.1, -0.05) is 25.5 Å². The monoisotopic (exact) mass is 452 g/mol. The van der Waals surface area contributed by atoms with E-state index < -0.39 is 10.0 Å². The molecular formula is C23H24N4O4S. The van der Waals surface area contributed by atoms with Gasteiger partial charge in [0.25, 0.3) is 10.0 Å². The number of anilines is 2. The number of rotatable bonds is 10. The standard InChI is InChI=1S/C23H24N4O4S/c1-2-3-17-31-20-10-5-18(6-11-20)7-14-22(28)26-19-8-12-21(13-9-19)32(29,30)27-23-24-15-4-16-25-23/h4-16H,2-3,17H2,1H3,(H,26,28)(H,24,25,27)/b14-7+. The maximum Gasteiger partial charge on any atom is 0.264 e. The van der Waals surface area contributed by atoms with Gasteiger partial charge in [-0.05, 0) is 60.5 Å². The molecule has 9 heteroatoms. The number of carbonyl (C=O) groups excluding carboxylic acids is 1. The first-order valence-corrected chi connectivity index (χ1v) is 11.6. The number of nitrogens with zero attached hydrogens (tertiary/aromatic N) is 2. The third-order valence-corrected chi connectivity index (χ3v) is 5.64. The average Bonchev–Trinajstić information content (AvgIpc) is 2.79. The summed E-state index contributed by atoms with van der Waals surface area (Å²) < 4.78 is 32.7. The minimum Gasteiger partial charge on any atom is -0.494 e. The first kappa shape index (κ1) is 23.0. The van der Waals surface area contributed by atoms with Gasteiger partial charge in [-0.25, -0.2) is 23.1 Å². The quantitative estimate of drug-likeness (QED) is 0.354. The second-order valence-corrected chi connectivity index (χ2v) is 8.48. The van der Waals surface area contributed by atoms with E-state index in [1.54, 1.807) is 12.1 Å². The Morgan fingerprint density at radius 1 is 1.03 bits per heavy atom. The molecule has 8 nitrogen and oxygen atoms in total. The molecule has 0 aliphatic heterocycles. The van der Waals surface area contributed by atoms with Gasteiger partial charge in [0.1, 0.15) is 5.75 Å². The van der Waals surface area contributed by atoms with Crippen molar-refractivity contribution < 1.29 is 17.9 Å². The summed E-state index contributed by atoms with van der Waals surface area (Å²) in [5.74, 6) is 0.443. The molecule has 0 atom stereocenters. The van der Waals surface area contributed by atoms with Crippen molar-refractivity contribution in [3.8, 4) is 5.75 Å². The van der Waals surface area contributed by atoms with Crippen molar-refractivity contribution in [1.82, 2.24) is 9.97 Å². The van der Waals surface area contributed by atoms with E-state index in [1.165, 1.54) is 42.7 Å². The van der Waals surface area contributed by atoms with Gasteiger partial charge in [0.15, 0.2) is 0 Å². The molecule has 0 radical (unpaired) electrons. The predicted molar refractivity (Wildman–Crippen MR) is 124 cm³/mol. The molecule has 0 saturated carbocycles. The fourth-order valence-corrected chi connectivity index (χ4v) is 3.57. The van der Waals surface area contributed by atoms with E-state index in [2.05, 4.69) is 26.9 Å². The Morgan fingerprint density at radius 2 is 1.72 bits per heavy atom. The summed E-state index contributed by atoms with van der Waals surface area (Å²) in [5, 5.41) is 2.70. The molecule has 0 aliphatic carbocycles. The Labute approximate surface area is 187 Å². The third-order valence-electron chi connectivity index (χ3n) is 4.30. The summed E-state index contributed by atoms with van der Waals surface area (Å²) in [5.41, 5.74) is 1.33. The van der Waals surface area contributed by atoms with E-state index in [0.29, 0.717) is 12.3 Å². The first-order valence-electron chi connectivity index (χ1n) is 10.1. The molecule has 1 aromatic heterocycles. The first-order chi connectivity index (χ1) is 15.5. The molecule has 166 valence electrons. The van der Waals surface area contributed by atoms with Gasteiger partial charge in [-0.15, -0.1) is 0 Å². The highest BCUT2D eigenvalue weighted by Gasteiger charge is 2.15. The van der Waals surface area contributed by atoms with Gasteiger partial charge in [0, 0.05) is 24.2 Å². The molecule has 32 heavy (non-hydrogen) atoms. The average molecular weight is 453 g/mol. The second kappa shape index (κ2) is 11.1. The van der Waals surface area contributed by atoms with Crippen LogP contribution in [0.4, 0.5) is 11.6 Å². The fourth-order valence-electron chi connectivity index (χ4n) is 2.61. The number of nitrogens with one attached hydrogen (secondary N) is 2. The van der Waals surface area contributed by atoms with Crippen molar-refractivity contribution in [2.24, 2.45) is 0 Å². The summed E-state index contributed by atoms with van der Waals surface area (Å²) >= 11 is 0. The highest BCUT2D eigenvalue weighted by atomic mass is 32.2. The Morgan fingerprint density at radius 3 is 2.38 bits per heavy atom. The SMILES string of the molecule is CCCCOc1ccc(/C=C/C(=O)Nc2ccc(S(=O)(=O)Nc3ncccn3)cc2)cc1. The van der Waals surface area contributed by atoms with E-state index in [1.807, 2.05) is 24.3 Å². The molecule has 1 heterocycles. The van der Waals surface area contributed by atoms with Crippen molar-refractivity contribution in [1.29, 1.82) is 0 Å². The molecule has 2 aromatic carbocycles. The zero-order valence-corrected chi connectivity index (χ0v) is 18.4. The molecule has 0 unspecified atom stereocenters. The normalized spacial score (nSPS) is 11.3. The van der Waals surface area contributed by atoms with Gasteiger partial charge in [0.05, 0.1) is 11.5 Å². The lowest BCUT2D eigenvalue weighted by atomic mass is 10.2. The zero-order valence-electron chi connectivity index (χ0n) is 17.6. The van der Waals surface area contributed by atoms with E-state index in [0.717, 1.165) is 24.2 Å². The largest absolute Gasteiger partial charge is 0.494 e. The van der Waals surface area contributed by atoms with E-state index in [9.17, 15) is 13.2 Å². The molecule has 0 saturated heterocycles. The number of benzene rings is 2. The number of ether oxygens (including phenoxy) is 1. The summed E-state index contributed by atoms with van der Waals surface area (Å²) in [6.07, 6.45) is 8.06. The van der Waals surface area contributed by atoms with Crippen molar-refractivity contribution in [2.75, 3.05) is 16.6 Å². The molecule has 1 amide bonds. The number of hydrogen-bond donors (Lipinski definition) is 2. The lowest BCUT2D eigenvalue weighted by Gasteiger charge is -2.07. The molecule has 0 aliphatic rings. The molecule has 3 rings (SSSR count). The molecule has 0 bridgehead atoms. The lowest BCUT2D eigenvalue weighted by molar-refractivity contribution is -0.111. The molecule has 0 spiro atoms. The summed E-state index contributed by atoms with van der Waals surface area (Å²) in [7, 11) is -3.83. The smallest absolute Gasteiger partial charge is 0.264 e. The van der Waals surface area contributed by atoms with E-state index >= 15 is 0 Å². The van der Waals surface area contributed by atoms with Crippen molar-refractivity contribution in [3.63, 3.8) is 0 Å². The summed E-state index contributed by atoms with van der Waals surface area (Å²) in [4.78, 5) is 19.9. The van der Waals surface area contributed by atoms with Crippen molar-refractivity contribution >= 4 is 33.6 Å². The fraction of sp³-hybridized carbons (Fsp3) is 0.174. The van der Waals surface area contributed by atoms with Gasteiger partial charge in [-0.3, -0.25) is 4.79 Å². The van der Waals surface area contributed by atoms with Crippen LogP contribution in [0.1, 0.15) is 25.3 Å². The van der Waals surface area contributed by atoms with Gasteiger partial charge in [0.2, 0.25) is 11.9 Å². The predicted octanol–water partition coefficient (Wildman–Crippen LogP) is 4.11. The number of hydrogen-bond acceptors (Lipinski definition) is 6. The second-order valence-electron chi connectivity index (χ2n) is 6.80. The Hall–Kier alpha value is -3.72. The van der Waals surface area contributed by atoms with E-state index in [-0.39, 0.29) is 16.8 Å². The van der Waals surface area contributed by atoms with Crippen LogP contribution >= 0.6 is 0 Å². The minimum absolute atomic E-state index is 0.0180. The minimum atomic E-state index is -3.83. The maximum atomic E-state index is 12.4. The van der Waals surface area contributed by atoms with Crippen LogP contribution < -0.4 is 14.8 Å². The summed E-state index contributed by atoms with van der Waals surface area (Å²) in [6, 6.07) is 14.8. The van der Waals surface area contributed by atoms with Crippen LogP contribution in [0.25, 0.3) is 6.08 Å². The van der Waals surface area contributed by atoms with Crippen molar-refractivity contribution in [3.05, 3.63) is 78.6 Å². The van der Waals surface area contributed by atoms with Crippen molar-refractivity contribution in [2.45, 2.75) is 24.7 Å². The van der Waals surface area contributed by atoms with Crippen LogP contribution in [0.5, 0.6) is 5.75 Å². The van der Waals surface area contributed by atoms with Gasteiger partial charge >= 0.3 is 0 Å². The van der Waals surface area contributed by atoms with Crippen LogP contribution in [0, 0.1) is 0 Å². The zero-order chi connectivity index (χ0) is 22.8. The topological polar surface area (TPSA) is 110 Å². The maximum absolute atomic E-state index is 12.4. The number of sulfonamides is 1. The lowest BCUT2D eigenvalue weighted by Crippen LogP contribution is -2.15. The van der Waals surface area contributed by atoms with Crippen LogP contribution in [-0.2, 0) is 14.8 Å². The third kappa shape index (κ3) is 6.92. The van der Waals surface area contributed by atoms with Crippen LogP contribution in [-0.4, -0.2) is 30.9 Å². The number of amides is 1. The Kier molecular flexibility index (Phi) is 7.93. The molecular weight excluding hydrogens is 428 g/mol. The van der Waals surface area contributed by atoms with Gasteiger partial charge < -0.3 is 10.1 Å². The number of aromatic nitrogens is 2. The van der Waals surface area contributed by atoms with Crippen LogP contribution in [0.15, 0.2) is 78.0 Å². The van der Waals surface area contributed by atoms with Crippen LogP contribution in [0.3, 0.4) is 0 Å². The highest BCUT2D eigenvalue weighted by Crippen LogP contribution is 2.17. The summed E-state index contributed by atoms with van der Waals surface area (Å²) in [6.45, 7) is 2.79. The molecule has 3 aromatic rings. The number of carbonyl (C=O) groups is 1. The highest BCUT2D eigenvalue weighted by molar-refractivity contribution is 7.92. The van der Waals surface area contributed by atoms with Crippen LogP contribution in [0.2, 0.25) is 0 Å². The van der Waals surface area contributed by atoms with Gasteiger partial charge in [-0.2, -0.15) is 0 Å². The van der Waals surface area contributed by atoms with E-state index in [4.69, 9.17) is 4.74 Å². The number of unbranched alkanes of at least 4 members (excludes halogenated alkanes) is 1. The molecule has 2 N–H and O–H groups in total. The Bertz CT molecular complexity index is 1150. The Balaban J connectivity index is 1.55.